The van der Waals surface area contributed by atoms with Crippen molar-refractivity contribution in [3.8, 4) is 0 Å². The molecule has 1 aromatic carbocycles. The Kier molecular flexibility index (Phi) is 4.46. The zero-order valence-corrected chi connectivity index (χ0v) is 11.7. The zero-order valence-electron chi connectivity index (χ0n) is 10.9. The summed E-state index contributed by atoms with van der Waals surface area (Å²) in [5.41, 5.74) is -0.732. The number of aromatic nitrogens is 1. The smallest absolute Gasteiger partial charge is 0.305 e. The van der Waals surface area contributed by atoms with Gasteiger partial charge in [-0.25, -0.2) is 0 Å². The molecule has 8 heteroatoms. The first kappa shape index (κ1) is 16.0. The maximum atomic E-state index is 12.4. The Bertz CT molecular complexity index is 697. The fraction of sp³-hybridized carbons (Fsp3) is 0.0714. The summed E-state index contributed by atoms with van der Waals surface area (Å²) < 4.78 is 37.2. The average molecular weight is 328 g/mol. The number of carbonyl (C=O) groups is 1. The summed E-state index contributed by atoms with van der Waals surface area (Å²) in [5, 5.41) is 10.4. The molecule has 0 aliphatic heterocycles. The lowest BCUT2D eigenvalue weighted by Crippen LogP contribution is -2.31. The lowest BCUT2D eigenvalue weighted by Gasteiger charge is -2.09. The van der Waals surface area contributed by atoms with Crippen LogP contribution < -0.4 is 5.32 Å². The summed E-state index contributed by atoms with van der Waals surface area (Å²) >= 11 is 5.69. The van der Waals surface area contributed by atoms with Crippen molar-refractivity contribution in [3.63, 3.8) is 0 Å². The van der Waals surface area contributed by atoms with Crippen molar-refractivity contribution in [2.75, 3.05) is 0 Å². The van der Waals surface area contributed by atoms with E-state index < -0.39 is 23.5 Å². The Morgan fingerprint density at radius 2 is 1.77 bits per heavy atom. The molecular formula is C14H9ClF3N3O. The zero-order chi connectivity index (χ0) is 16.3. The van der Waals surface area contributed by atoms with E-state index in [4.69, 9.17) is 17.0 Å². The SMILES string of the molecule is N=C(NC(=O)c1ccc(Cl)cc1)c1ccc(C(F)(F)F)cn1. The molecule has 4 nitrogen and oxygen atoms in total. The van der Waals surface area contributed by atoms with E-state index in [-0.39, 0.29) is 11.3 Å². The minimum atomic E-state index is -4.50. The number of pyridine rings is 1. The molecule has 0 aliphatic rings. The standard InChI is InChI=1S/C14H9ClF3N3O/c15-10-4-1-8(2-5-10)13(22)21-12(19)11-6-3-9(7-20-11)14(16,17)18/h1-7H,(H2,19,21,22). The molecule has 0 radical (unpaired) electrons. The lowest BCUT2D eigenvalue weighted by atomic mass is 10.2. The third-order valence-electron chi connectivity index (χ3n) is 2.69. The first-order valence-electron chi connectivity index (χ1n) is 5.96. The molecule has 1 heterocycles. The minimum Gasteiger partial charge on any atom is -0.305 e. The van der Waals surface area contributed by atoms with Crippen molar-refractivity contribution in [2.45, 2.75) is 6.18 Å². The fourth-order valence-electron chi connectivity index (χ4n) is 1.56. The summed E-state index contributed by atoms with van der Waals surface area (Å²) in [7, 11) is 0. The predicted molar refractivity (Wildman–Crippen MR) is 75.0 cm³/mol. The molecule has 0 saturated carbocycles. The molecule has 22 heavy (non-hydrogen) atoms. The molecule has 1 aromatic heterocycles. The molecule has 2 rings (SSSR count). The monoisotopic (exact) mass is 327 g/mol. The number of rotatable bonds is 2. The molecule has 0 spiro atoms. The summed E-state index contributed by atoms with van der Waals surface area (Å²) in [6, 6.07) is 7.77. The molecule has 0 bridgehead atoms. The number of hydrogen-bond donors (Lipinski definition) is 2. The highest BCUT2D eigenvalue weighted by atomic mass is 35.5. The van der Waals surface area contributed by atoms with Crippen LogP contribution in [0.5, 0.6) is 0 Å². The van der Waals surface area contributed by atoms with Crippen molar-refractivity contribution in [1.82, 2.24) is 10.3 Å². The van der Waals surface area contributed by atoms with Crippen molar-refractivity contribution in [1.29, 1.82) is 5.41 Å². The third-order valence-corrected chi connectivity index (χ3v) is 2.94. The second kappa shape index (κ2) is 6.15. The van der Waals surface area contributed by atoms with Crippen LogP contribution in [-0.2, 0) is 6.18 Å². The van der Waals surface area contributed by atoms with Gasteiger partial charge < -0.3 is 5.32 Å². The van der Waals surface area contributed by atoms with Crippen LogP contribution in [0.25, 0.3) is 0 Å². The Morgan fingerprint density at radius 1 is 1.14 bits per heavy atom. The summed E-state index contributed by atoms with van der Waals surface area (Å²) in [4.78, 5) is 15.4. The molecule has 2 aromatic rings. The quantitative estimate of drug-likeness (QED) is 0.655. The van der Waals surface area contributed by atoms with Gasteiger partial charge >= 0.3 is 6.18 Å². The lowest BCUT2D eigenvalue weighted by molar-refractivity contribution is -0.137. The number of benzene rings is 1. The number of amidine groups is 1. The number of halogens is 4. The minimum absolute atomic E-state index is 0.0738. The normalized spacial score (nSPS) is 11.1. The number of hydrogen-bond acceptors (Lipinski definition) is 3. The van der Waals surface area contributed by atoms with Gasteiger partial charge in [-0.05, 0) is 36.4 Å². The first-order chi connectivity index (χ1) is 10.3. The number of nitrogens with one attached hydrogen (secondary N) is 2. The van der Waals surface area contributed by atoms with E-state index in [9.17, 15) is 18.0 Å². The van der Waals surface area contributed by atoms with E-state index in [2.05, 4.69) is 10.3 Å². The maximum Gasteiger partial charge on any atom is 0.417 e. The molecule has 0 fully saturated rings. The van der Waals surface area contributed by atoms with Gasteiger partial charge in [0, 0.05) is 16.8 Å². The van der Waals surface area contributed by atoms with E-state index in [0.717, 1.165) is 12.1 Å². The molecule has 1 amide bonds. The van der Waals surface area contributed by atoms with Gasteiger partial charge in [0.1, 0.15) is 5.69 Å². The van der Waals surface area contributed by atoms with Gasteiger partial charge in [-0.1, -0.05) is 11.6 Å². The molecule has 0 atom stereocenters. The summed E-state index contributed by atoms with van der Waals surface area (Å²) in [6.45, 7) is 0. The number of nitrogens with zero attached hydrogens (tertiary/aromatic N) is 1. The molecule has 0 unspecified atom stereocenters. The van der Waals surface area contributed by atoms with Crippen LogP contribution in [0.2, 0.25) is 5.02 Å². The Labute approximate surface area is 128 Å². The van der Waals surface area contributed by atoms with Crippen LogP contribution in [0.15, 0.2) is 42.6 Å². The predicted octanol–water partition coefficient (Wildman–Crippen LogP) is 3.51. The van der Waals surface area contributed by atoms with Crippen molar-refractivity contribution in [2.24, 2.45) is 0 Å². The van der Waals surface area contributed by atoms with Crippen LogP contribution >= 0.6 is 11.6 Å². The van der Waals surface area contributed by atoms with Gasteiger partial charge in [-0.2, -0.15) is 13.2 Å². The van der Waals surface area contributed by atoms with Crippen molar-refractivity contribution < 1.29 is 18.0 Å². The van der Waals surface area contributed by atoms with E-state index in [0.29, 0.717) is 11.2 Å². The molecule has 114 valence electrons. The van der Waals surface area contributed by atoms with Gasteiger partial charge in [-0.3, -0.25) is 15.2 Å². The number of alkyl halides is 3. The Hall–Kier alpha value is -2.41. The van der Waals surface area contributed by atoms with Gasteiger partial charge in [-0.15, -0.1) is 0 Å². The fourth-order valence-corrected chi connectivity index (χ4v) is 1.69. The molecular weight excluding hydrogens is 319 g/mol. The second-order valence-electron chi connectivity index (χ2n) is 4.27. The number of amides is 1. The third kappa shape index (κ3) is 3.82. The van der Waals surface area contributed by atoms with Gasteiger partial charge in [0.05, 0.1) is 5.56 Å². The maximum absolute atomic E-state index is 12.4. The van der Waals surface area contributed by atoms with Crippen LogP contribution in [0.1, 0.15) is 21.6 Å². The van der Waals surface area contributed by atoms with Crippen LogP contribution in [-0.4, -0.2) is 16.7 Å². The second-order valence-corrected chi connectivity index (χ2v) is 4.70. The van der Waals surface area contributed by atoms with E-state index in [1.807, 2.05) is 0 Å². The topological polar surface area (TPSA) is 65.8 Å². The van der Waals surface area contributed by atoms with Crippen molar-refractivity contribution in [3.05, 3.63) is 64.4 Å². The number of carbonyl (C=O) groups excluding carboxylic acids is 1. The average Bonchev–Trinajstić information content (AvgIpc) is 2.47. The van der Waals surface area contributed by atoms with Crippen LogP contribution in [0, 0.1) is 5.41 Å². The first-order valence-corrected chi connectivity index (χ1v) is 6.34. The van der Waals surface area contributed by atoms with E-state index in [1.54, 1.807) is 0 Å². The molecule has 0 saturated heterocycles. The Balaban J connectivity index is 2.09. The van der Waals surface area contributed by atoms with Gasteiger partial charge in [0.25, 0.3) is 5.91 Å². The molecule has 2 N–H and O–H groups in total. The van der Waals surface area contributed by atoms with E-state index >= 15 is 0 Å². The van der Waals surface area contributed by atoms with Crippen LogP contribution in [0.4, 0.5) is 13.2 Å². The largest absolute Gasteiger partial charge is 0.417 e. The van der Waals surface area contributed by atoms with Gasteiger partial charge in [0.15, 0.2) is 5.84 Å². The van der Waals surface area contributed by atoms with E-state index in [1.165, 1.54) is 24.3 Å². The molecule has 0 aliphatic carbocycles. The van der Waals surface area contributed by atoms with Crippen molar-refractivity contribution >= 4 is 23.3 Å². The highest BCUT2D eigenvalue weighted by Gasteiger charge is 2.30. The van der Waals surface area contributed by atoms with Gasteiger partial charge in [0.2, 0.25) is 0 Å². The highest BCUT2D eigenvalue weighted by Crippen LogP contribution is 2.28. The van der Waals surface area contributed by atoms with Crippen LogP contribution in [0.3, 0.4) is 0 Å². The highest BCUT2D eigenvalue weighted by molar-refractivity contribution is 6.30. The summed E-state index contributed by atoms with van der Waals surface area (Å²) in [5.74, 6) is -0.975. The Morgan fingerprint density at radius 3 is 2.27 bits per heavy atom. The summed E-state index contributed by atoms with van der Waals surface area (Å²) in [6.07, 6.45) is -3.89.